The summed E-state index contributed by atoms with van der Waals surface area (Å²) in [5, 5.41) is 0. The van der Waals surface area contributed by atoms with Crippen LogP contribution in [0.15, 0.2) is 12.2 Å². The zero-order valence-corrected chi connectivity index (χ0v) is 14.4. The molecule has 132 valence electrons. The summed E-state index contributed by atoms with van der Waals surface area (Å²) in [6.45, 7) is 3.10. The van der Waals surface area contributed by atoms with Gasteiger partial charge in [0.15, 0.2) is 0 Å². The molecule has 1 saturated carbocycles. The standard InChI is InChI=1S/C19H27NO4/c1-2-3-11-23-18(22)15-14-9-10-19(24-14)12-20(17(21)16(15)19)13-7-5-4-6-8-13/h9-10,13-16H,2-8,11-12H2,1H3/t14-,15+,16-,19-/m0/s1. The highest BCUT2D eigenvalue weighted by atomic mass is 16.6. The lowest BCUT2D eigenvalue weighted by Gasteiger charge is -2.32. The van der Waals surface area contributed by atoms with Crippen LogP contribution in [0.2, 0.25) is 0 Å². The van der Waals surface area contributed by atoms with Crippen molar-refractivity contribution in [1.29, 1.82) is 0 Å². The fourth-order valence-corrected chi connectivity index (χ4v) is 4.91. The molecule has 1 spiro atoms. The summed E-state index contributed by atoms with van der Waals surface area (Å²) >= 11 is 0. The van der Waals surface area contributed by atoms with Crippen molar-refractivity contribution >= 4 is 11.9 Å². The molecule has 4 rings (SSSR count). The fourth-order valence-electron chi connectivity index (χ4n) is 4.91. The molecule has 5 heteroatoms. The molecule has 3 fully saturated rings. The number of hydrogen-bond acceptors (Lipinski definition) is 4. The number of likely N-dealkylation sites (tertiary alicyclic amines) is 1. The van der Waals surface area contributed by atoms with Crippen LogP contribution in [0.25, 0.3) is 0 Å². The highest BCUT2D eigenvalue weighted by Gasteiger charge is 2.67. The van der Waals surface area contributed by atoms with Crippen molar-refractivity contribution in [2.45, 2.75) is 69.6 Å². The Labute approximate surface area is 143 Å². The van der Waals surface area contributed by atoms with E-state index in [9.17, 15) is 9.59 Å². The summed E-state index contributed by atoms with van der Waals surface area (Å²) in [7, 11) is 0. The van der Waals surface area contributed by atoms with Gasteiger partial charge >= 0.3 is 5.97 Å². The molecule has 5 nitrogen and oxygen atoms in total. The normalized spacial score (nSPS) is 38.0. The van der Waals surface area contributed by atoms with Crippen molar-refractivity contribution < 1.29 is 19.1 Å². The molecule has 0 aromatic rings. The lowest BCUT2D eigenvalue weighted by atomic mass is 9.77. The maximum Gasteiger partial charge on any atom is 0.312 e. The number of hydrogen-bond donors (Lipinski definition) is 0. The number of carbonyl (C=O) groups is 2. The molecule has 1 amide bonds. The largest absolute Gasteiger partial charge is 0.465 e. The molecule has 4 atom stereocenters. The minimum absolute atomic E-state index is 0.103. The van der Waals surface area contributed by atoms with Crippen LogP contribution < -0.4 is 0 Å². The number of nitrogens with zero attached hydrogens (tertiary/aromatic N) is 1. The first kappa shape index (κ1) is 16.1. The second-order valence-electron chi connectivity index (χ2n) is 7.68. The van der Waals surface area contributed by atoms with Crippen molar-refractivity contribution in [3.05, 3.63) is 12.2 Å². The van der Waals surface area contributed by atoms with Gasteiger partial charge in [-0.25, -0.2) is 0 Å². The first-order valence-corrected chi connectivity index (χ1v) is 9.50. The van der Waals surface area contributed by atoms with Gasteiger partial charge in [0, 0.05) is 6.04 Å². The van der Waals surface area contributed by atoms with E-state index in [2.05, 4.69) is 6.92 Å². The van der Waals surface area contributed by atoms with Crippen LogP contribution in [0.5, 0.6) is 0 Å². The third kappa shape index (κ3) is 2.40. The number of rotatable bonds is 5. The van der Waals surface area contributed by atoms with Gasteiger partial charge in [0.2, 0.25) is 5.91 Å². The maximum absolute atomic E-state index is 13.1. The third-order valence-corrected chi connectivity index (χ3v) is 6.16. The van der Waals surface area contributed by atoms with Crippen molar-refractivity contribution in [1.82, 2.24) is 4.90 Å². The SMILES string of the molecule is CCCCOC(=O)[C@@H]1[C@@H]2C=C[C@@]3(CN(C4CCCCC4)C(=O)[C@H]13)O2. The highest BCUT2D eigenvalue weighted by molar-refractivity contribution is 5.91. The van der Waals surface area contributed by atoms with E-state index in [1.807, 2.05) is 17.1 Å². The molecule has 0 unspecified atom stereocenters. The monoisotopic (exact) mass is 333 g/mol. The van der Waals surface area contributed by atoms with Gasteiger partial charge in [0.1, 0.15) is 11.5 Å². The van der Waals surface area contributed by atoms with E-state index < -0.39 is 11.5 Å². The number of fused-ring (bicyclic) bond motifs is 1. The summed E-state index contributed by atoms with van der Waals surface area (Å²) in [6.07, 6.45) is 11.3. The molecular formula is C19H27NO4. The van der Waals surface area contributed by atoms with E-state index in [-0.39, 0.29) is 23.9 Å². The minimum Gasteiger partial charge on any atom is -0.465 e. The zero-order valence-electron chi connectivity index (χ0n) is 14.4. The molecule has 0 radical (unpaired) electrons. The molecule has 0 aromatic heterocycles. The van der Waals surface area contributed by atoms with Gasteiger partial charge in [-0.2, -0.15) is 0 Å². The summed E-state index contributed by atoms with van der Waals surface area (Å²) in [4.78, 5) is 27.7. The van der Waals surface area contributed by atoms with Crippen LogP contribution in [-0.2, 0) is 19.1 Å². The Morgan fingerprint density at radius 2 is 2.17 bits per heavy atom. The van der Waals surface area contributed by atoms with Gasteiger partial charge in [-0.3, -0.25) is 9.59 Å². The molecule has 3 aliphatic heterocycles. The van der Waals surface area contributed by atoms with Crippen molar-refractivity contribution in [2.24, 2.45) is 11.8 Å². The second-order valence-corrected chi connectivity index (χ2v) is 7.68. The molecule has 3 heterocycles. The Morgan fingerprint density at radius 1 is 1.38 bits per heavy atom. The Hall–Kier alpha value is -1.36. The fraction of sp³-hybridized carbons (Fsp3) is 0.789. The predicted molar refractivity (Wildman–Crippen MR) is 88.2 cm³/mol. The number of esters is 1. The summed E-state index contributed by atoms with van der Waals surface area (Å²) in [5.41, 5.74) is -0.590. The van der Waals surface area contributed by atoms with E-state index in [1.54, 1.807) is 0 Å². The molecule has 1 aliphatic carbocycles. The van der Waals surface area contributed by atoms with Gasteiger partial charge in [0.05, 0.1) is 25.2 Å². The van der Waals surface area contributed by atoms with Gasteiger partial charge in [-0.15, -0.1) is 0 Å². The van der Waals surface area contributed by atoms with Crippen molar-refractivity contribution in [3.8, 4) is 0 Å². The smallest absolute Gasteiger partial charge is 0.312 e. The lowest BCUT2D eigenvalue weighted by Crippen LogP contribution is -2.42. The third-order valence-electron chi connectivity index (χ3n) is 6.16. The van der Waals surface area contributed by atoms with Gasteiger partial charge in [-0.1, -0.05) is 44.8 Å². The molecular weight excluding hydrogens is 306 g/mol. The second kappa shape index (κ2) is 6.17. The predicted octanol–water partition coefficient (Wildman–Crippen LogP) is 2.44. The topological polar surface area (TPSA) is 55.8 Å². The Kier molecular flexibility index (Phi) is 4.15. The Balaban J connectivity index is 1.52. The minimum atomic E-state index is -0.590. The summed E-state index contributed by atoms with van der Waals surface area (Å²) in [5.74, 6) is -1.01. The Morgan fingerprint density at radius 3 is 2.92 bits per heavy atom. The van der Waals surface area contributed by atoms with Gasteiger partial charge in [-0.05, 0) is 19.3 Å². The van der Waals surface area contributed by atoms with E-state index >= 15 is 0 Å². The molecule has 24 heavy (non-hydrogen) atoms. The zero-order chi connectivity index (χ0) is 16.7. The molecule has 4 aliphatic rings. The van der Waals surface area contributed by atoms with Crippen LogP contribution in [0, 0.1) is 11.8 Å². The lowest BCUT2D eigenvalue weighted by molar-refractivity contribution is -0.154. The maximum atomic E-state index is 13.1. The van der Waals surface area contributed by atoms with Crippen LogP contribution >= 0.6 is 0 Å². The number of unbranched alkanes of at least 4 members (excludes halogenated alkanes) is 1. The van der Waals surface area contributed by atoms with Crippen LogP contribution in [-0.4, -0.2) is 47.7 Å². The number of amides is 1. The van der Waals surface area contributed by atoms with E-state index in [4.69, 9.17) is 9.47 Å². The van der Waals surface area contributed by atoms with Gasteiger partial charge in [0.25, 0.3) is 0 Å². The van der Waals surface area contributed by atoms with Crippen LogP contribution in [0.4, 0.5) is 0 Å². The van der Waals surface area contributed by atoms with Crippen molar-refractivity contribution in [3.63, 3.8) is 0 Å². The molecule has 0 N–H and O–H groups in total. The number of ether oxygens (including phenoxy) is 2. The summed E-state index contributed by atoms with van der Waals surface area (Å²) in [6, 6.07) is 0.319. The first-order chi connectivity index (χ1) is 11.7. The van der Waals surface area contributed by atoms with Gasteiger partial charge < -0.3 is 14.4 Å². The van der Waals surface area contributed by atoms with E-state index in [1.165, 1.54) is 19.3 Å². The van der Waals surface area contributed by atoms with Crippen LogP contribution in [0.3, 0.4) is 0 Å². The highest BCUT2D eigenvalue weighted by Crippen LogP contribution is 2.53. The Bertz CT molecular complexity index is 554. The first-order valence-electron chi connectivity index (χ1n) is 9.50. The number of carbonyl (C=O) groups excluding carboxylic acids is 2. The average Bonchev–Trinajstić information content (AvgIpc) is 3.24. The van der Waals surface area contributed by atoms with E-state index in [0.717, 1.165) is 25.7 Å². The quantitative estimate of drug-likeness (QED) is 0.440. The van der Waals surface area contributed by atoms with Crippen LogP contribution in [0.1, 0.15) is 51.9 Å². The molecule has 0 aromatic carbocycles. The molecule has 2 saturated heterocycles. The van der Waals surface area contributed by atoms with E-state index in [0.29, 0.717) is 19.2 Å². The average molecular weight is 333 g/mol. The van der Waals surface area contributed by atoms with Crippen molar-refractivity contribution in [2.75, 3.05) is 13.2 Å². The summed E-state index contributed by atoms with van der Waals surface area (Å²) < 4.78 is 11.6. The molecule has 2 bridgehead atoms.